The second kappa shape index (κ2) is 10.1. The summed E-state index contributed by atoms with van der Waals surface area (Å²) >= 11 is 0. The molecule has 1 N–H and O–H groups in total. The quantitative estimate of drug-likeness (QED) is 0.612. The van der Waals surface area contributed by atoms with Gasteiger partial charge >= 0.3 is 0 Å². The molecule has 152 valence electrons. The summed E-state index contributed by atoms with van der Waals surface area (Å²) in [6.07, 6.45) is 0. The molecule has 0 heterocycles. The largest absolute Gasteiger partial charge is 0.494 e. The lowest BCUT2D eigenvalue weighted by Gasteiger charge is -2.24. The number of benzene rings is 2. The normalized spacial score (nSPS) is 11.1. The van der Waals surface area contributed by atoms with Gasteiger partial charge in [-0.15, -0.1) is 0 Å². The highest BCUT2D eigenvalue weighted by Gasteiger charge is 2.27. The molecule has 0 aliphatic carbocycles. The monoisotopic (exact) mass is 406 g/mol. The van der Waals surface area contributed by atoms with Crippen molar-refractivity contribution in [2.75, 3.05) is 37.7 Å². The third-order valence-electron chi connectivity index (χ3n) is 3.96. The summed E-state index contributed by atoms with van der Waals surface area (Å²) in [5, 5.41) is 2.65. The first kappa shape index (κ1) is 21.7. The summed E-state index contributed by atoms with van der Waals surface area (Å²) in [5.41, 5.74) is 1.33. The van der Waals surface area contributed by atoms with Crippen LogP contribution >= 0.6 is 0 Å². The number of nitrogens with one attached hydrogen (secondary N) is 1. The van der Waals surface area contributed by atoms with Crippen LogP contribution in [0.15, 0.2) is 53.4 Å². The van der Waals surface area contributed by atoms with Gasteiger partial charge in [0, 0.05) is 13.7 Å². The van der Waals surface area contributed by atoms with E-state index in [9.17, 15) is 13.2 Å². The molecule has 0 fully saturated rings. The van der Waals surface area contributed by atoms with Crippen LogP contribution < -0.4 is 14.4 Å². The Labute approximate surface area is 166 Å². The van der Waals surface area contributed by atoms with E-state index in [0.717, 1.165) is 9.87 Å². The molecular formula is C20H26N2O5S. The van der Waals surface area contributed by atoms with Crippen molar-refractivity contribution in [2.24, 2.45) is 0 Å². The Balaban J connectivity index is 2.34. The van der Waals surface area contributed by atoms with Gasteiger partial charge in [0.25, 0.3) is 10.0 Å². The Bertz CT molecular complexity index is 864. The smallest absolute Gasteiger partial charge is 0.264 e. The zero-order valence-corrected chi connectivity index (χ0v) is 17.2. The molecule has 0 atom stereocenters. The Morgan fingerprint density at radius 2 is 1.71 bits per heavy atom. The molecule has 0 radical (unpaired) electrons. The van der Waals surface area contributed by atoms with Gasteiger partial charge in [-0.1, -0.05) is 17.7 Å². The Morgan fingerprint density at radius 3 is 2.29 bits per heavy atom. The van der Waals surface area contributed by atoms with Crippen molar-refractivity contribution in [2.45, 2.75) is 18.7 Å². The number of anilines is 1. The predicted molar refractivity (Wildman–Crippen MR) is 108 cm³/mol. The fourth-order valence-corrected chi connectivity index (χ4v) is 3.93. The van der Waals surface area contributed by atoms with Crippen LogP contribution in [0.4, 0.5) is 5.69 Å². The lowest BCUT2D eigenvalue weighted by molar-refractivity contribution is -0.119. The van der Waals surface area contributed by atoms with E-state index in [-0.39, 0.29) is 11.4 Å². The first-order valence-corrected chi connectivity index (χ1v) is 10.4. The minimum Gasteiger partial charge on any atom is -0.494 e. The fourth-order valence-electron chi connectivity index (χ4n) is 2.51. The summed E-state index contributed by atoms with van der Waals surface area (Å²) in [6.45, 7) is 4.56. The molecule has 0 saturated carbocycles. The molecule has 2 rings (SSSR count). The van der Waals surface area contributed by atoms with Crippen LogP contribution in [0.5, 0.6) is 5.75 Å². The van der Waals surface area contributed by atoms with Crippen molar-refractivity contribution in [3.8, 4) is 5.75 Å². The van der Waals surface area contributed by atoms with E-state index in [0.29, 0.717) is 31.2 Å². The third-order valence-corrected chi connectivity index (χ3v) is 5.75. The number of aryl methyl sites for hydroxylation is 1. The molecule has 8 heteroatoms. The summed E-state index contributed by atoms with van der Waals surface area (Å²) in [7, 11) is -2.39. The third kappa shape index (κ3) is 5.71. The Hall–Kier alpha value is -2.58. The van der Waals surface area contributed by atoms with Crippen molar-refractivity contribution in [1.29, 1.82) is 0 Å². The van der Waals surface area contributed by atoms with E-state index in [1.807, 2.05) is 13.8 Å². The summed E-state index contributed by atoms with van der Waals surface area (Å²) in [4.78, 5) is 12.4. The zero-order chi connectivity index (χ0) is 20.6. The number of nitrogens with zero attached hydrogens (tertiary/aromatic N) is 1. The van der Waals surface area contributed by atoms with Crippen LogP contribution in [0.25, 0.3) is 0 Å². The van der Waals surface area contributed by atoms with Gasteiger partial charge in [-0.3, -0.25) is 9.10 Å². The van der Waals surface area contributed by atoms with Crippen molar-refractivity contribution in [1.82, 2.24) is 5.32 Å². The van der Waals surface area contributed by atoms with Crippen molar-refractivity contribution < 1.29 is 22.7 Å². The molecule has 0 bridgehead atoms. The standard InChI is InChI=1S/C20H26N2O5S/c1-4-27-18-9-7-17(8-10-18)22(15-20(23)21-13-14-26-3)28(24,25)19-11-5-16(2)6-12-19/h5-12H,4,13-15H2,1-3H3,(H,21,23). The van der Waals surface area contributed by atoms with E-state index >= 15 is 0 Å². The number of methoxy groups -OCH3 is 1. The zero-order valence-electron chi connectivity index (χ0n) is 16.3. The Morgan fingerprint density at radius 1 is 1.07 bits per heavy atom. The fraction of sp³-hybridized carbons (Fsp3) is 0.350. The molecule has 7 nitrogen and oxygen atoms in total. The molecule has 1 amide bonds. The maximum Gasteiger partial charge on any atom is 0.264 e. The van der Waals surface area contributed by atoms with Crippen LogP contribution in [-0.2, 0) is 19.6 Å². The highest BCUT2D eigenvalue weighted by Crippen LogP contribution is 2.26. The number of rotatable bonds is 10. The number of carbonyl (C=O) groups is 1. The van der Waals surface area contributed by atoms with Gasteiger partial charge in [0.1, 0.15) is 12.3 Å². The highest BCUT2D eigenvalue weighted by atomic mass is 32.2. The van der Waals surface area contributed by atoms with Gasteiger partial charge in [0.05, 0.1) is 23.8 Å². The van der Waals surface area contributed by atoms with Crippen LogP contribution in [0.1, 0.15) is 12.5 Å². The number of hydrogen-bond donors (Lipinski definition) is 1. The van der Waals surface area contributed by atoms with Gasteiger partial charge in [-0.25, -0.2) is 8.42 Å². The lowest BCUT2D eigenvalue weighted by Crippen LogP contribution is -2.41. The van der Waals surface area contributed by atoms with Crippen LogP contribution in [0.3, 0.4) is 0 Å². The SMILES string of the molecule is CCOc1ccc(N(CC(=O)NCCOC)S(=O)(=O)c2ccc(C)cc2)cc1. The van der Waals surface area contributed by atoms with E-state index < -0.39 is 15.9 Å². The van der Waals surface area contributed by atoms with Crippen molar-refractivity contribution in [3.05, 3.63) is 54.1 Å². The second-order valence-corrected chi connectivity index (χ2v) is 7.96. The molecule has 2 aromatic carbocycles. The van der Waals surface area contributed by atoms with Crippen molar-refractivity contribution >= 4 is 21.6 Å². The number of hydrogen-bond acceptors (Lipinski definition) is 5. The van der Waals surface area contributed by atoms with E-state index in [1.54, 1.807) is 36.4 Å². The average Bonchev–Trinajstić information content (AvgIpc) is 2.67. The first-order chi connectivity index (χ1) is 13.4. The molecule has 0 aliphatic rings. The maximum absolute atomic E-state index is 13.2. The molecule has 28 heavy (non-hydrogen) atoms. The summed E-state index contributed by atoms with van der Waals surface area (Å²) in [5.74, 6) is 0.213. The summed E-state index contributed by atoms with van der Waals surface area (Å²) in [6, 6.07) is 13.1. The molecule has 2 aromatic rings. The minimum atomic E-state index is -3.92. The highest BCUT2D eigenvalue weighted by molar-refractivity contribution is 7.92. The number of carbonyl (C=O) groups excluding carboxylic acids is 1. The number of sulfonamides is 1. The van der Waals surface area contributed by atoms with Crippen LogP contribution in [0.2, 0.25) is 0 Å². The van der Waals surface area contributed by atoms with E-state index in [4.69, 9.17) is 9.47 Å². The van der Waals surface area contributed by atoms with Gasteiger partial charge in [-0.2, -0.15) is 0 Å². The average molecular weight is 407 g/mol. The van der Waals surface area contributed by atoms with Gasteiger partial charge in [0.15, 0.2) is 0 Å². The number of ether oxygens (including phenoxy) is 2. The molecule has 0 aromatic heterocycles. The van der Waals surface area contributed by atoms with Crippen LogP contribution in [0, 0.1) is 6.92 Å². The molecule has 0 saturated heterocycles. The van der Waals surface area contributed by atoms with Crippen LogP contribution in [-0.4, -0.2) is 47.7 Å². The minimum absolute atomic E-state index is 0.122. The molecular weight excluding hydrogens is 380 g/mol. The topological polar surface area (TPSA) is 84.9 Å². The Kier molecular flexibility index (Phi) is 7.83. The van der Waals surface area contributed by atoms with Crippen molar-refractivity contribution in [3.63, 3.8) is 0 Å². The first-order valence-electron chi connectivity index (χ1n) is 8.96. The second-order valence-electron chi connectivity index (χ2n) is 6.09. The molecule has 0 spiro atoms. The van der Waals surface area contributed by atoms with Gasteiger partial charge in [-0.05, 0) is 50.2 Å². The lowest BCUT2D eigenvalue weighted by atomic mass is 10.2. The maximum atomic E-state index is 13.2. The van der Waals surface area contributed by atoms with Gasteiger partial charge in [0.2, 0.25) is 5.91 Å². The molecule has 0 aliphatic heterocycles. The molecule has 0 unspecified atom stereocenters. The summed E-state index contributed by atoms with van der Waals surface area (Å²) < 4.78 is 37.8. The predicted octanol–water partition coefficient (Wildman–Crippen LogP) is 2.35. The number of amides is 1. The van der Waals surface area contributed by atoms with E-state index in [1.165, 1.54) is 19.2 Å². The van der Waals surface area contributed by atoms with E-state index in [2.05, 4.69) is 5.32 Å². The van der Waals surface area contributed by atoms with Gasteiger partial charge < -0.3 is 14.8 Å².